The average molecular weight is 310 g/mol. The first-order valence-corrected chi connectivity index (χ1v) is 8.95. The van der Waals surface area contributed by atoms with E-state index < -0.39 is 5.54 Å². The monoisotopic (exact) mass is 310 g/mol. The van der Waals surface area contributed by atoms with E-state index in [1.54, 1.807) is 0 Å². The van der Waals surface area contributed by atoms with Crippen molar-refractivity contribution in [2.24, 2.45) is 5.73 Å². The second-order valence-electron chi connectivity index (χ2n) is 7.32. The van der Waals surface area contributed by atoms with Gasteiger partial charge in [0.05, 0.1) is 11.7 Å². The minimum absolute atomic E-state index is 0.123. The summed E-state index contributed by atoms with van der Waals surface area (Å²) in [6.45, 7) is 1.93. The molecule has 5 nitrogen and oxygen atoms in total. The SMILES string of the molecule is NC(=O)C1(NCC2CCC3(CCCCCC3)O2)CCOCC1. The van der Waals surface area contributed by atoms with Crippen LogP contribution >= 0.6 is 0 Å². The van der Waals surface area contributed by atoms with Crippen LogP contribution in [-0.4, -0.2) is 42.9 Å². The molecule has 0 aromatic heterocycles. The zero-order chi connectivity index (χ0) is 15.5. The van der Waals surface area contributed by atoms with E-state index in [4.69, 9.17) is 15.2 Å². The molecule has 3 rings (SSSR count). The second-order valence-corrected chi connectivity index (χ2v) is 7.32. The molecule has 1 unspecified atom stereocenters. The Hall–Kier alpha value is -0.650. The lowest BCUT2D eigenvalue weighted by Gasteiger charge is -2.36. The minimum Gasteiger partial charge on any atom is -0.381 e. The number of nitrogens with two attached hydrogens (primary N) is 1. The van der Waals surface area contributed by atoms with Crippen LogP contribution in [0.3, 0.4) is 0 Å². The van der Waals surface area contributed by atoms with Crippen molar-refractivity contribution in [2.45, 2.75) is 81.5 Å². The zero-order valence-electron chi connectivity index (χ0n) is 13.6. The fourth-order valence-corrected chi connectivity index (χ4v) is 4.32. The number of ether oxygens (including phenoxy) is 2. The molecule has 22 heavy (non-hydrogen) atoms. The molecule has 1 amide bonds. The van der Waals surface area contributed by atoms with Crippen LogP contribution in [0.2, 0.25) is 0 Å². The summed E-state index contributed by atoms with van der Waals surface area (Å²) in [7, 11) is 0. The van der Waals surface area contributed by atoms with E-state index in [0.29, 0.717) is 26.1 Å². The number of hydrogen-bond acceptors (Lipinski definition) is 4. The van der Waals surface area contributed by atoms with Crippen LogP contribution in [-0.2, 0) is 14.3 Å². The Morgan fingerprint density at radius 2 is 1.73 bits per heavy atom. The summed E-state index contributed by atoms with van der Waals surface area (Å²) in [5.74, 6) is -0.252. The van der Waals surface area contributed by atoms with Gasteiger partial charge < -0.3 is 20.5 Å². The molecular formula is C17H30N2O3. The smallest absolute Gasteiger partial charge is 0.237 e. The molecule has 1 atom stereocenters. The summed E-state index contributed by atoms with van der Waals surface area (Å²) in [6, 6.07) is 0. The fraction of sp³-hybridized carbons (Fsp3) is 0.941. The molecule has 126 valence electrons. The van der Waals surface area contributed by atoms with E-state index in [0.717, 1.165) is 13.0 Å². The van der Waals surface area contributed by atoms with Crippen molar-refractivity contribution < 1.29 is 14.3 Å². The van der Waals surface area contributed by atoms with E-state index in [1.165, 1.54) is 44.9 Å². The number of carbonyl (C=O) groups excluding carboxylic acids is 1. The summed E-state index contributed by atoms with van der Waals surface area (Å²) >= 11 is 0. The molecule has 0 radical (unpaired) electrons. The van der Waals surface area contributed by atoms with Gasteiger partial charge in [-0.1, -0.05) is 25.7 Å². The van der Waals surface area contributed by atoms with Gasteiger partial charge >= 0.3 is 0 Å². The van der Waals surface area contributed by atoms with E-state index >= 15 is 0 Å². The summed E-state index contributed by atoms with van der Waals surface area (Å²) in [5.41, 5.74) is 5.17. The van der Waals surface area contributed by atoms with Gasteiger partial charge in [0, 0.05) is 19.8 Å². The normalized spacial score (nSPS) is 31.0. The Labute approximate surface area is 133 Å². The fourth-order valence-electron chi connectivity index (χ4n) is 4.32. The molecule has 0 aromatic rings. The van der Waals surface area contributed by atoms with Crippen molar-refractivity contribution in [1.29, 1.82) is 0 Å². The Kier molecular flexibility index (Phi) is 5.05. The van der Waals surface area contributed by atoms with E-state index in [1.807, 2.05) is 0 Å². The molecule has 3 aliphatic rings. The van der Waals surface area contributed by atoms with Crippen LogP contribution in [0.5, 0.6) is 0 Å². The second kappa shape index (κ2) is 6.85. The highest BCUT2D eigenvalue weighted by molar-refractivity contribution is 5.84. The first kappa shape index (κ1) is 16.2. The Balaban J connectivity index is 1.54. The molecule has 1 saturated carbocycles. The summed E-state index contributed by atoms with van der Waals surface area (Å²) in [4.78, 5) is 11.9. The third-order valence-corrected chi connectivity index (χ3v) is 5.84. The van der Waals surface area contributed by atoms with E-state index in [2.05, 4.69) is 5.32 Å². The maximum Gasteiger partial charge on any atom is 0.237 e. The van der Waals surface area contributed by atoms with Gasteiger partial charge in [0.1, 0.15) is 5.54 Å². The minimum atomic E-state index is -0.596. The molecule has 1 aliphatic carbocycles. The van der Waals surface area contributed by atoms with Crippen LogP contribution in [0.4, 0.5) is 0 Å². The van der Waals surface area contributed by atoms with Crippen molar-refractivity contribution in [2.75, 3.05) is 19.8 Å². The molecule has 2 heterocycles. The van der Waals surface area contributed by atoms with Gasteiger partial charge in [-0.2, -0.15) is 0 Å². The van der Waals surface area contributed by atoms with Crippen LogP contribution in [0, 0.1) is 0 Å². The third-order valence-electron chi connectivity index (χ3n) is 5.84. The Bertz CT molecular complexity index is 385. The number of amides is 1. The van der Waals surface area contributed by atoms with Crippen molar-refractivity contribution >= 4 is 5.91 Å². The molecule has 3 fully saturated rings. The third kappa shape index (κ3) is 3.47. The van der Waals surface area contributed by atoms with Crippen LogP contribution < -0.4 is 11.1 Å². The van der Waals surface area contributed by atoms with E-state index in [-0.39, 0.29) is 17.6 Å². The number of carbonyl (C=O) groups is 1. The maximum atomic E-state index is 11.9. The van der Waals surface area contributed by atoms with Crippen molar-refractivity contribution in [3.8, 4) is 0 Å². The lowest BCUT2D eigenvalue weighted by Crippen LogP contribution is -2.59. The molecule has 1 spiro atoms. The quantitative estimate of drug-likeness (QED) is 0.831. The van der Waals surface area contributed by atoms with Gasteiger partial charge in [0.2, 0.25) is 5.91 Å². The van der Waals surface area contributed by atoms with Crippen molar-refractivity contribution in [3.05, 3.63) is 0 Å². The Morgan fingerprint density at radius 1 is 1.05 bits per heavy atom. The lowest BCUT2D eigenvalue weighted by atomic mass is 9.89. The largest absolute Gasteiger partial charge is 0.381 e. The number of primary amides is 1. The predicted molar refractivity (Wildman–Crippen MR) is 84.5 cm³/mol. The highest BCUT2D eigenvalue weighted by Gasteiger charge is 2.42. The molecule has 0 bridgehead atoms. The van der Waals surface area contributed by atoms with Gasteiger partial charge in [-0.15, -0.1) is 0 Å². The summed E-state index contributed by atoms with van der Waals surface area (Å²) < 4.78 is 11.8. The van der Waals surface area contributed by atoms with Crippen molar-refractivity contribution in [3.63, 3.8) is 0 Å². The van der Waals surface area contributed by atoms with Crippen molar-refractivity contribution in [1.82, 2.24) is 5.32 Å². The number of nitrogens with one attached hydrogen (secondary N) is 1. The lowest BCUT2D eigenvalue weighted by molar-refractivity contribution is -0.129. The van der Waals surface area contributed by atoms with E-state index in [9.17, 15) is 4.79 Å². The molecule has 3 N–H and O–H groups in total. The predicted octanol–water partition coefficient (Wildman–Crippen LogP) is 1.88. The van der Waals surface area contributed by atoms with Gasteiger partial charge in [-0.3, -0.25) is 4.79 Å². The molecule has 0 aromatic carbocycles. The van der Waals surface area contributed by atoms with Gasteiger partial charge in [-0.25, -0.2) is 0 Å². The van der Waals surface area contributed by atoms with Gasteiger partial charge in [0.25, 0.3) is 0 Å². The molecule has 5 heteroatoms. The standard InChI is InChI=1S/C17H30N2O3/c18-15(20)17(9-11-21-12-10-17)19-13-14-5-8-16(22-14)6-3-1-2-4-7-16/h14,19H,1-13H2,(H2,18,20). The average Bonchev–Trinajstić information content (AvgIpc) is 2.78. The summed E-state index contributed by atoms with van der Waals surface area (Å²) in [5, 5.41) is 3.43. The van der Waals surface area contributed by atoms with Crippen LogP contribution in [0.15, 0.2) is 0 Å². The van der Waals surface area contributed by atoms with Gasteiger partial charge in [0.15, 0.2) is 0 Å². The maximum absolute atomic E-state index is 11.9. The van der Waals surface area contributed by atoms with Crippen LogP contribution in [0.1, 0.15) is 64.2 Å². The number of hydrogen-bond donors (Lipinski definition) is 2. The molecule has 2 saturated heterocycles. The first-order chi connectivity index (χ1) is 10.6. The summed E-state index contributed by atoms with van der Waals surface area (Å²) in [6.07, 6.45) is 11.5. The zero-order valence-corrected chi connectivity index (χ0v) is 13.6. The molecule has 2 aliphatic heterocycles. The highest BCUT2D eigenvalue weighted by Crippen LogP contribution is 2.41. The topological polar surface area (TPSA) is 73.6 Å². The number of rotatable bonds is 4. The highest BCUT2D eigenvalue weighted by atomic mass is 16.5. The first-order valence-electron chi connectivity index (χ1n) is 8.95. The van der Waals surface area contributed by atoms with Gasteiger partial charge in [-0.05, 0) is 38.5 Å². The van der Waals surface area contributed by atoms with Crippen LogP contribution in [0.25, 0.3) is 0 Å². The molecular weight excluding hydrogens is 280 g/mol. The Morgan fingerprint density at radius 3 is 2.36 bits per heavy atom.